The van der Waals surface area contributed by atoms with Gasteiger partial charge < -0.3 is 5.32 Å². The third-order valence-electron chi connectivity index (χ3n) is 3.50. The Bertz CT molecular complexity index is 372. The summed E-state index contributed by atoms with van der Waals surface area (Å²) >= 11 is 0. The second-order valence-electron chi connectivity index (χ2n) is 6.38. The predicted molar refractivity (Wildman–Crippen MR) is 85.6 cm³/mol. The molecule has 0 saturated carbocycles. The molecule has 0 fully saturated rings. The first-order chi connectivity index (χ1) is 8.92. The summed E-state index contributed by atoms with van der Waals surface area (Å²) in [6, 6.07) is 10.8. The maximum absolute atomic E-state index is 4.13. The van der Waals surface area contributed by atoms with Gasteiger partial charge >= 0.3 is 0 Å². The monoisotopic (exact) mass is 259 g/mol. The molecule has 19 heavy (non-hydrogen) atoms. The van der Waals surface area contributed by atoms with E-state index in [1.54, 1.807) is 0 Å². The second kappa shape index (κ2) is 7.49. The van der Waals surface area contributed by atoms with Gasteiger partial charge in [-0.1, -0.05) is 49.4 Å². The van der Waals surface area contributed by atoms with Crippen molar-refractivity contribution < 1.29 is 0 Å². The summed E-state index contributed by atoms with van der Waals surface area (Å²) in [5.74, 6) is 0.573. The molecule has 1 atom stereocenters. The summed E-state index contributed by atoms with van der Waals surface area (Å²) in [6.07, 6.45) is 3.40. The van der Waals surface area contributed by atoms with Crippen LogP contribution in [0.15, 0.2) is 42.5 Å². The summed E-state index contributed by atoms with van der Waals surface area (Å²) in [5.41, 5.74) is 2.97. The van der Waals surface area contributed by atoms with E-state index in [-0.39, 0.29) is 5.54 Å². The molecule has 0 spiro atoms. The largest absolute Gasteiger partial charge is 0.311 e. The number of hydrogen-bond donors (Lipinski definition) is 1. The van der Waals surface area contributed by atoms with Crippen molar-refractivity contribution in [3.63, 3.8) is 0 Å². The van der Waals surface area contributed by atoms with E-state index in [2.05, 4.69) is 69.9 Å². The van der Waals surface area contributed by atoms with Crippen molar-refractivity contribution in [2.45, 2.75) is 58.4 Å². The van der Waals surface area contributed by atoms with Crippen molar-refractivity contribution in [2.24, 2.45) is 0 Å². The molecule has 1 aromatic rings. The van der Waals surface area contributed by atoms with Crippen LogP contribution in [0.2, 0.25) is 0 Å². The zero-order valence-electron chi connectivity index (χ0n) is 13.0. The second-order valence-corrected chi connectivity index (χ2v) is 6.38. The third-order valence-corrected chi connectivity index (χ3v) is 3.50. The van der Waals surface area contributed by atoms with Crippen LogP contribution in [-0.4, -0.2) is 12.1 Å². The minimum Gasteiger partial charge on any atom is -0.311 e. The normalized spacial score (nSPS) is 13.3. The number of rotatable bonds is 7. The number of hydrogen-bond acceptors (Lipinski definition) is 1. The van der Waals surface area contributed by atoms with Crippen LogP contribution in [0.4, 0.5) is 0 Å². The van der Waals surface area contributed by atoms with Gasteiger partial charge in [0.15, 0.2) is 0 Å². The summed E-state index contributed by atoms with van der Waals surface area (Å²) in [7, 11) is 0. The van der Waals surface area contributed by atoms with Crippen LogP contribution >= 0.6 is 0 Å². The van der Waals surface area contributed by atoms with Crippen molar-refractivity contribution in [3.8, 4) is 0 Å². The Balaban J connectivity index is 2.65. The number of benzene rings is 1. The summed E-state index contributed by atoms with van der Waals surface area (Å²) in [6.45, 7) is 14.0. The molecule has 1 N–H and O–H groups in total. The Morgan fingerprint density at radius 3 is 2.37 bits per heavy atom. The van der Waals surface area contributed by atoms with E-state index in [0.29, 0.717) is 5.92 Å². The Morgan fingerprint density at radius 1 is 1.21 bits per heavy atom. The van der Waals surface area contributed by atoms with Crippen LogP contribution in [-0.2, 0) is 0 Å². The first-order valence-corrected chi connectivity index (χ1v) is 7.39. The highest BCUT2D eigenvalue weighted by Crippen LogP contribution is 2.23. The van der Waals surface area contributed by atoms with E-state index >= 15 is 0 Å². The molecule has 1 aromatic carbocycles. The van der Waals surface area contributed by atoms with Crippen molar-refractivity contribution in [1.82, 2.24) is 5.32 Å². The van der Waals surface area contributed by atoms with Crippen LogP contribution in [0.25, 0.3) is 0 Å². The van der Waals surface area contributed by atoms with E-state index in [1.165, 1.54) is 17.6 Å². The average molecular weight is 259 g/mol. The topological polar surface area (TPSA) is 12.0 Å². The highest BCUT2D eigenvalue weighted by Gasteiger charge is 2.15. The Labute approximate surface area is 119 Å². The van der Waals surface area contributed by atoms with Crippen molar-refractivity contribution in [2.75, 3.05) is 6.54 Å². The molecule has 1 nitrogen and oxygen atoms in total. The van der Waals surface area contributed by atoms with Gasteiger partial charge in [-0.2, -0.15) is 0 Å². The maximum atomic E-state index is 4.13. The quantitative estimate of drug-likeness (QED) is 0.686. The van der Waals surface area contributed by atoms with E-state index < -0.39 is 0 Å². The average Bonchev–Trinajstić information content (AvgIpc) is 2.38. The lowest BCUT2D eigenvalue weighted by Gasteiger charge is -2.26. The van der Waals surface area contributed by atoms with E-state index in [9.17, 15) is 0 Å². The first kappa shape index (κ1) is 16.0. The molecule has 1 heteroatoms. The molecule has 0 radical (unpaired) electrons. The molecule has 0 aromatic heterocycles. The fourth-order valence-electron chi connectivity index (χ4n) is 2.10. The van der Waals surface area contributed by atoms with Gasteiger partial charge in [0.2, 0.25) is 0 Å². The lowest BCUT2D eigenvalue weighted by Crippen LogP contribution is -2.38. The van der Waals surface area contributed by atoms with Crippen LogP contribution in [0.3, 0.4) is 0 Å². The van der Waals surface area contributed by atoms with Crippen molar-refractivity contribution in [1.29, 1.82) is 0 Å². The van der Waals surface area contributed by atoms with Crippen LogP contribution in [0.5, 0.6) is 0 Å². The minimum atomic E-state index is 0.175. The molecule has 0 saturated heterocycles. The van der Waals surface area contributed by atoms with Gasteiger partial charge in [-0.15, -0.1) is 0 Å². The van der Waals surface area contributed by atoms with Crippen LogP contribution in [0.1, 0.15) is 58.4 Å². The lowest BCUT2D eigenvalue weighted by molar-refractivity contribution is 0.399. The van der Waals surface area contributed by atoms with Gasteiger partial charge in [-0.3, -0.25) is 0 Å². The summed E-state index contributed by atoms with van der Waals surface area (Å²) in [5, 5.41) is 3.63. The van der Waals surface area contributed by atoms with Gasteiger partial charge in [-0.05, 0) is 51.5 Å². The molecule has 0 aliphatic heterocycles. The molecule has 1 rings (SSSR count). The van der Waals surface area contributed by atoms with Crippen molar-refractivity contribution >= 4 is 0 Å². The van der Waals surface area contributed by atoms with Gasteiger partial charge in [0.25, 0.3) is 0 Å². The summed E-state index contributed by atoms with van der Waals surface area (Å²) < 4.78 is 0. The Morgan fingerprint density at radius 2 is 1.84 bits per heavy atom. The molecular weight excluding hydrogens is 230 g/mol. The van der Waals surface area contributed by atoms with Crippen LogP contribution in [0, 0.1) is 0 Å². The SMILES string of the molecule is C=C(CC)CCC(CNC(C)(C)C)c1ccccc1. The minimum absolute atomic E-state index is 0.175. The van der Waals surface area contributed by atoms with E-state index in [1.807, 2.05) is 0 Å². The third kappa shape index (κ3) is 6.58. The molecule has 0 heterocycles. The molecule has 0 aliphatic rings. The molecule has 106 valence electrons. The van der Waals surface area contributed by atoms with E-state index in [4.69, 9.17) is 0 Å². The predicted octanol–water partition coefficient (Wildman–Crippen LogP) is 4.90. The maximum Gasteiger partial charge on any atom is 0.00967 e. The van der Waals surface area contributed by atoms with Gasteiger partial charge in [0.1, 0.15) is 0 Å². The molecule has 0 aliphatic carbocycles. The van der Waals surface area contributed by atoms with Gasteiger partial charge in [-0.25, -0.2) is 0 Å². The Hall–Kier alpha value is -1.08. The fourth-order valence-corrected chi connectivity index (χ4v) is 2.10. The van der Waals surface area contributed by atoms with Crippen LogP contribution < -0.4 is 5.32 Å². The molecule has 0 bridgehead atoms. The standard InChI is InChI=1S/C18H29N/c1-6-15(2)12-13-17(14-19-18(3,4)5)16-10-8-7-9-11-16/h7-11,17,19H,2,6,12-14H2,1,3-5H3. The van der Waals surface area contributed by atoms with Crippen molar-refractivity contribution in [3.05, 3.63) is 48.0 Å². The molecule has 1 unspecified atom stereocenters. The highest BCUT2D eigenvalue weighted by atomic mass is 14.9. The molecular formula is C18H29N. The number of allylic oxidation sites excluding steroid dienone is 1. The summed E-state index contributed by atoms with van der Waals surface area (Å²) in [4.78, 5) is 0. The Kier molecular flexibility index (Phi) is 6.30. The zero-order chi connectivity index (χ0) is 14.3. The number of nitrogens with one attached hydrogen (secondary N) is 1. The smallest absolute Gasteiger partial charge is 0.00967 e. The fraction of sp³-hybridized carbons (Fsp3) is 0.556. The zero-order valence-corrected chi connectivity index (χ0v) is 13.0. The van der Waals surface area contributed by atoms with E-state index in [0.717, 1.165) is 19.4 Å². The highest BCUT2D eigenvalue weighted by molar-refractivity contribution is 5.20. The first-order valence-electron chi connectivity index (χ1n) is 7.39. The van der Waals surface area contributed by atoms with Gasteiger partial charge in [0, 0.05) is 12.1 Å². The van der Waals surface area contributed by atoms with Gasteiger partial charge in [0.05, 0.1) is 0 Å². The molecule has 0 amide bonds. The lowest BCUT2D eigenvalue weighted by atomic mass is 9.91.